The topological polar surface area (TPSA) is 29.5 Å². The molecule has 0 aromatic carbocycles. The average molecular weight is 141 g/mol. The third kappa shape index (κ3) is 0.611. The Morgan fingerprint density at radius 1 is 1.50 bits per heavy atom. The SMILES string of the molecule is O=CN1CCCC12COC2. The number of nitrogens with zero attached hydrogens (tertiary/aromatic N) is 1. The molecule has 2 heterocycles. The predicted molar refractivity (Wildman–Crippen MR) is 35.6 cm³/mol. The van der Waals surface area contributed by atoms with E-state index in [0.717, 1.165) is 39.0 Å². The van der Waals surface area contributed by atoms with Crippen LogP contribution in [-0.2, 0) is 9.53 Å². The Morgan fingerprint density at radius 2 is 2.30 bits per heavy atom. The van der Waals surface area contributed by atoms with Crippen LogP contribution in [0, 0.1) is 0 Å². The van der Waals surface area contributed by atoms with Gasteiger partial charge in [0.05, 0.1) is 18.8 Å². The lowest BCUT2D eigenvalue weighted by molar-refractivity contribution is -0.147. The van der Waals surface area contributed by atoms with Gasteiger partial charge in [-0.05, 0) is 12.8 Å². The number of hydrogen-bond acceptors (Lipinski definition) is 2. The molecule has 2 aliphatic rings. The molecule has 0 saturated carbocycles. The van der Waals surface area contributed by atoms with Crippen LogP contribution in [0.25, 0.3) is 0 Å². The summed E-state index contributed by atoms with van der Waals surface area (Å²) in [5, 5.41) is 0. The lowest BCUT2D eigenvalue weighted by Gasteiger charge is -2.43. The summed E-state index contributed by atoms with van der Waals surface area (Å²) in [7, 11) is 0. The van der Waals surface area contributed by atoms with E-state index >= 15 is 0 Å². The van der Waals surface area contributed by atoms with Crippen molar-refractivity contribution >= 4 is 6.41 Å². The van der Waals surface area contributed by atoms with E-state index in [9.17, 15) is 4.79 Å². The first kappa shape index (κ1) is 6.16. The molecule has 2 fully saturated rings. The van der Waals surface area contributed by atoms with Crippen LogP contribution in [-0.4, -0.2) is 36.6 Å². The maximum absolute atomic E-state index is 10.5. The summed E-state index contributed by atoms with van der Waals surface area (Å²) in [5.74, 6) is 0. The van der Waals surface area contributed by atoms with Crippen molar-refractivity contribution < 1.29 is 9.53 Å². The Morgan fingerprint density at radius 3 is 2.70 bits per heavy atom. The molecule has 1 spiro atoms. The molecule has 3 heteroatoms. The molecule has 0 bridgehead atoms. The molecule has 2 aliphatic heterocycles. The van der Waals surface area contributed by atoms with Crippen LogP contribution in [0.4, 0.5) is 0 Å². The van der Waals surface area contributed by atoms with Crippen LogP contribution >= 0.6 is 0 Å². The molecule has 1 amide bonds. The molecular formula is C7H11NO2. The van der Waals surface area contributed by atoms with E-state index in [2.05, 4.69) is 0 Å². The minimum atomic E-state index is 0.127. The van der Waals surface area contributed by atoms with Gasteiger partial charge in [-0.3, -0.25) is 4.79 Å². The standard InChI is InChI=1S/C7H11NO2/c9-6-8-3-1-2-7(8)4-10-5-7/h6H,1-5H2. The summed E-state index contributed by atoms with van der Waals surface area (Å²) in [6, 6.07) is 0. The van der Waals surface area contributed by atoms with Crippen LogP contribution < -0.4 is 0 Å². The van der Waals surface area contributed by atoms with Crippen molar-refractivity contribution in [1.29, 1.82) is 0 Å². The highest BCUT2D eigenvalue weighted by molar-refractivity contribution is 5.50. The molecular weight excluding hydrogens is 130 g/mol. The molecule has 10 heavy (non-hydrogen) atoms. The van der Waals surface area contributed by atoms with Gasteiger partial charge >= 0.3 is 0 Å². The zero-order chi connectivity index (χ0) is 7.03. The smallest absolute Gasteiger partial charge is 0.210 e. The van der Waals surface area contributed by atoms with Gasteiger partial charge in [0.1, 0.15) is 0 Å². The first-order valence-corrected chi connectivity index (χ1v) is 3.67. The van der Waals surface area contributed by atoms with Gasteiger partial charge in [0, 0.05) is 6.54 Å². The predicted octanol–water partition coefficient (Wildman–Crippen LogP) is 0.00760. The third-order valence-electron chi connectivity index (χ3n) is 2.52. The van der Waals surface area contributed by atoms with Crippen molar-refractivity contribution in [3.05, 3.63) is 0 Å². The Labute approximate surface area is 60.0 Å². The van der Waals surface area contributed by atoms with E-state index in [1.807, 2.05) is 4.90 Å². The van der Waals surface area contributed by atoms with E-state index in [0.29, 0.717) is 0 Å². The van der Waals surface area contributed by atoms with Gasteiger partial charge in [-0.1, -0.05) is 0 Å². The summed E-state index contributed by atoms with van der Waals surface area (Å²) >= 11 is 0. The molecule has 0 radical (unpaired) electrons. The highest BCUT2D eigenvalue weighted by atomic mass is 16.5. The fraction of sp³-hybridized carbons (Fsp3) is 0.857. The Kier molecular flexibility index (Phi) is 1.20. The second kappa shape index (κ2) is 1.95. The molecule has 3 nitrogen and oxygen atoms in total. The minimum Gasteiger partial charge on any atom is -0.376 e. The molecule has 56 valence electrons. The second-order valence-corrected chi connectivity index (χ2v) is 3.12. The van der Waals surface area contributed by atoms with Gasteiger partial charge in [-0.25, -0.2) is 0 Å². The van der Waals surface area contributed by atoms with Crippen LogP contribution in [0.5, 0.6) is 0 Å². The zero-order valence-corrected chi connectivity index (χ0v) is 5.88. The minimum absolute atomic E-state index is 0.127. The van der Waals surface area contributed by atoms with Crippen molar-refractivity contribution in [2.75, 3.05) is 19.8 Å². The quantitative estimate of drug-likeness (QED) is 0.481. The molecule has 2 saturated heterocycles. The normalized spacial score (nSPS) is 28.6. The lowest BCUT2D eigenvalue weighted by atomic mass is 9.95. The zero-order valence-electron chi connectivity index (χ0n) is 5.88. The summed E-state index contributed by atoms with van der Waals surface area (Å²) in [5.41, 5.74) is 0.127. The molecule has 0 aromatic heterocycles. The Balaban J connectivity index is 2.11. The maximum Gasteiger partial charge on any atom is 0.210 e. The van der Waals surface area contributed by atoms with Crippen LogP contribution in [0.2, 0.25) is 0 Å². The van der Waals surface area contributed by atoms with Crippen molar-refractivity contribution in [3.8, 4) is 0 Å². The lowest BCUT2D eigenvalue weighted by Crippen LogP contribution is -2.58. The number of carbonyl (C=O) groups is 1. The fourth-order valence-electron chi connectivity index (χ4n) is 1.77. The Bertz CT molecular complexity index is 154. The highest BCUT2D eigenvalue weighted by Gasteiger charge is 2.46. The largest absolute Gasteiger partial charge is 0.376 e. The second-order valence-electron chi connectivity index (χ2n) is 3.12. The van der Waals surface area contributed by atoms with Crippen LogP contribution in [0.3, 0.4) is 0 Å². The number of amides is 1. The van der Waals surface area contributed by atoms with Crippen LogP contribution in [0.15, 0.2) is 0 Å². The fourth-order valence-corrected chi connectivity index (χ4v) is 1.77. The van der Waals surface area contributed by atoms with Crippen molar-refractivity contribution in [3.63, 3.8) is 0 Å². The van der Waals surface area contributed by atoms with Crippen molar-refractivity contribution in [2.45, 2.75) is 18.4 Å². The maximum atomic E-state index is 10.5. The van der Waals surface area contributed by atoms with Gasteiger partial charge in [-0.2, -0.15) is 0 Å². The van der Waals surface area contributed by atoms with Crippen molar-refractivity contribution in [1.82, 2.24) is 4.90 Å². The van der Waals surface area contributed by atoms with E-state index in [4.69, 9.17) is 4.74 Å². The number of hydrogen-bond donors (Lipinski definition) is 0. The van der Waals surface area contributed by atoms with E-state index in [1.54, 1.807) is 0 Å². The molecule has 0 aliphatic carbocycles. The first-order valence-electron chi connectivity index (χ1n) is 3.67. The van der Waals surface area contributed by atoms with E-state index in [1.165, 1.54) is 0 Å². The highest BCUT2D eigenvalue weighted by Crippen LogP contribution is 2.34. The van der Waals surface area contributed by atoms with E-state index in [-0.39, 0.29) is 5.54 Å². The number of likely N-dealkylation sites (tertiary alicyclic amines) is 1. The monoisotopic (exact) mass is 141 g/mol. The summed E-state index contributed by atoms with van der Waals surface area (Å²) in [6.45, 7) is 2.43. The van der Waals surface area contributed by atoms with Crippen molar-refractivity contribution in [2.24, 2.45) is 0 Å². The average Bonchev–Trinajstić information content (AvgIpc) is 2.27. The molecule has 0 atom stereocenters. The van der Waals surface area contributed by atoms with Gasteiger partial charge in [0.2, 0.25) is 6.41 Å². The number of rotatable bonds is 1. The summed E-state index contributed by atoms with van der Waals surface area (Å²) < 4.78 is 5.09. The number of ether oxygens (including phenoxy) is 1. The Hall–Kier alpha value is -0.570. The number of carbonyl (C=O) groups excluding carboxylic acids is 1. The van der Waals surface area contributed by atoms with E-state index < -0.39 is 0 Å². The summed E-state index contributed by atoms with van der Waals surface area (Å²) in [4.78, 5) is 12.4. The molecule has 0 aromatic rings. The van der Waals surface area contributed by atoms with Gasteiger partial charge < -0.3 is 9.64 Å². The summed E-state index contributed by atoms with van der Waals surface area (Å²) in [6.07, 6.45) is 3.23. The third-order valence-corrected chi connectivity index (χ3v) is 2.52. The molecule has 2 rings (SSSR count). The van der Waals surface area contributed by atoms with Gasteiger partial charge in [-0.15, -0.1) is 0 Å². The van der Waals surface area contributed by atoms with Gasteiger partial charge in [0.15, 0.2) is 0 Å². The van der Waals surface area contributed by atoms with Gasteiger partial charge in [0.25, 0.3) is 0 Å². The molecule has 0 N–H and O–H groups in total. The van der Waals surface area contributed by atoms with Crippen LogP contribution in [0.1, 0.15) is 12.8 Å². The molecule has 0 unspecified atom stereocenters. The first-order chi connectivity index (χ1) is 4.87.